The summed E-state index contributed by atoms with van der Waals surface area (Å²) in [6, 6.07) is 6.04. The van der Waals surface area contributed by atoms with E-state index < -0.39 is 5.97 Å². The highest BCUT2D eigenvalue weighted by Crippen LogP contribution is 2.41. The first-order valence-electron chi connectivity index (χ1n) is 6.23. The first-order chi connectivity index (χ1) is 9.63. The molecule has 1 fully saturated rings. The Bertz CT molecular complexity index is 659. The second kappa shape index (κ2) is 5.05. The molecule has 1 aliphatic carbocycles. The fourth-order valence-corrected chi connectivity index (χ4v) is 2.77. The Balaban J connectivity index is 1.69. The summed E-state index contributed by atoms with van der Waals surface area (Å²) in [6.45, 7) is 0. The summed E-state index contributed by atoms with van der Waals surface area (Å²) < 4.78 is 0. The summed E-state index contributed by atoms with van der Waals surface area (Å²) in [5.41, 5.74) is 1.16. The molecule has 1 amide bonds. The average Bonchev–Trinajstić information content (AvgIpc) is 3.17. The van der Waals surface area contributed by atoms with Crippen molar-refractivity contribution in [1.82, 2.24) is 4.98 Å². The lowest BCUT2D eigenvalue weighted by molar-refractivity contribution is 0.0696. The van der Waals surface area contributed by atoms with E-state index in [9.17, 15) is 9.59 Å². The van der Waals surface area contributed by atoms with Crippen molar-refractivity contribution in [2.75, 3.05) is 5.32 Å². The van der Waals surface area contributed by atoms with Gasteiger partial charge in [0.1, 0.15) is 5.69 Å². The molecule has 0 bridgehead atoms. The number of thiazole rings is 1. The van der Waals surface area contributed by atoms with E-state index >= 15 is 0 Å². The molecule has 0 saturated heterocycles. The summed E-state index contributed by atoms with van der Waals surface area (Å²) in [5, 5.41) is 14.3. The van der Waals surface area contributed by atoms with Crippen LogP contribution in [-0.4, -0.2) is 22.0 Å². The molecule has 2 aromatic rings. The Hall–Kier alpha value is -2.21. The van der Waals surface area contributed by atoms with Crippen LogP contribution in [0.4, 0.5) is 5.69 Å². The van der Waals surface area contributed by atoms with Gasteiger partial charge >= 0.3 is 5.97 Å². The Morgan fingerprint density at radius 2 is 1.95 bits per heavy atom. The van der Waals surface area contributed by atoms with Gasteiger partial charge in [0.25, 0.3) is 5.91 Å². The van der Waals surface area contributed by atoms with Crippen molar-refractivity contribution in [2.45, 2.75) is 18.8 Å². The number of hydrogen-bond donors (Lipinski definition) is 2. The van der Waals surface area contributed by atoms with E-state index in [0.29, 0.717) is 17.3 Å². The summed E-state index contributed by atoms with van der Waals surface area (Å²) in [6.07, 6.45) is 2.32. The lowest BCUT2D eigenvalue weighted by Gasteiger charge is -2.03. The van der Waals surface area contributed by atoms with Gasteiger partial charge in [0.15, 0.2) is 0 Å². The molecular formula is C14H12N2O3S. The van der Waals surface area contributed by atoms with Crippen molar-refractivity contribution in [3.8, 4) is 0 Å². The fraction of sp³-hybridized carbons (Fsp3) is 0.214. The molecule has 0 atom stereocenters. The van der Waals surface area contributed by atoms with Crippen molar-refractivity contribution in [3.05, 3.63) is 45.9 Å². The summed E-state index contributed by atoms with van der Waals surface area (Å²) in [4.78, 5) is 27.1. The van der Waals surface area contributed by atoms with E-state index in [1.165, 1.54) is 23.5 Å². The maximum atomic E-state index is 12.0. The topological polar surface area (TPSA) is 79.3 Å². The first kappa shape index (κ1) is 12.8. The number of hydrogen-bond acceptors (Lipinski definition) is 4. The number of aromatic carboxylic acids is 1. The van der Waals surface area contributed by atoms with Gasteiger partial charge in [-0.3, -0.25) is 4.79 Å². The van der Waals surface area contributed by atoms with Crippen LogP contribution in [0.1, 0.15) is 44.6 Å². The van der Waals surface area contributed by atoms with Gasteiger partial charge in [-0.05, 0) is 37.1 Å². The summed E-state index contributed by atoms with van der Waals surface area (Å²) >= 11 is 1.52. The van der Waals surface area contributed by atoms with Crippen LogP contribution in [0.25, 0.3) is 0 Å². The van der Waals surface area contributed by atoms with Gasteiger partial charge in [0.2, 0.25) is 0 Å². The molecule has 1 heterocycles. The quantitative estimate of drug-likeness (QED) is 0.906. The fourth-order valence-electron chi connectivity index (χ4n) is 1.80. The minimum absolute atomic E-state index is 0.188. The van der Waals surface area contributed by atoms with Crippen LogP contribution in [0.3, 0.4) is 0 Å². The van der Waals surface area contributed by atoms with Crippen LogP contribution in [0.2, 0.25) is 0 Å². The summed E-state index contributed by atoms with van der Waals surface area (Å²) in [5.74, 6) is -0.718. The molecule has 0 spiro atoms. The zero-order valence-electron chi connectivity index (χ0n) is 10.5. The number of carbonyl (C=O) groups is 2. The van der Waals surface area contributed by atoms with Gasteiger partial charge in [-0.15, -0.1) is 11.3 Å². The first-order valence-corrected chi connectivity index (χ1v) is 7.11. The van der Waals surface area contributed by atoms with Crippen LogP contribution < -0.4 is 5.32 Å². The standard InChI is InChI=1S/C14H12N2O3S/c17-12(11-7-20-13(16-11)8-1-2-8)15-10-5-3-9(4-6-10)14(18)19/h3-8H,1-2H2,(H,15,17)(H,18,19). The average molecular weight is 288 g/mol. The number of nitrogens with one attached hydrogen (secondary N) is 1. The van der Waals surface area contributed by atoms with E-state index in [0.717, 1.165) is 17.8 Å². The number of amides is 1. The van der Waals surface area contributed by atoms with E-state index in [2.05, 4.69) is 10.3 Å². The highest BCUT2D eigenvalue weighted by atomic mass is 32.1. The van der Waals surface area contributed by atoms with Crippen molar-refractivity contribution in [2.24, 2.45) is 0 Å². The van der Waals surface area contributed by atoms with Crippen LogP contribution in [0.5, 0.6) is 0 Å². The number of anilines is 1. The highest BCUT2D eigenvalue weighted by molar-refractivity contribution is 7.10. The lowest BCUT2D eigenvalue weighted by Crippen LogP contribution is -2.12. The van der Waals surface area contributed by atoms with Crippen LogP contribution in [-0.2, 0) is 0 Å². The van der Waals surface area contributed by atoms with Crippen molar-refractivity contribution >= 4 is 28.9 Å². The number of carboxylic acid groups (broad SMARTS) is 1. The molecule has 1 aromatic carbocycles. The second-order valence-electron chi connectivity index (χ2n) is 4.68. The molecule has 2 N–H and O–H groups in total. The van der Waals surface area contributed by atoms with Gasteiger partial charge in [0, 0.05) is 17.0 Å². The third-order valence-electron chi connectivity index (χ3n) is 3.07. The minimum Gasteiger partial charge on any atom is -0.478 e. The van der Waals surface area contributed by atoms with Crippen molar-refractivity contribution in [1.29, 1.82) is 0 Å². The SMILES string of the molecule is O=C(O)c1ccc(NC(=O)c2csc(C3CC3)n2)cc1. The predicted molar refractivity (Wildman–Crippen MR) is 75.4 cm³/mol. The Labute approximate surface area is 119 Å². The molecule has 102 valence electrons. The van der Waals surface area contributed by atoms with Gasteiger partial charge in [-0.25, -0.2) is 9.78 Å². The Morgan fingerprint density at radius 1 is 1.25 bits per heavy atom. The Morgan fingerprint density at radius 3 is 2.55 bits per heavy atom. The molecule has 6 heteroatoms. The molecular weight excluding hydrogens is 276 g/mol. The molecule has 0 unspecified atom stereocenters. The zero-order chi connectivity index (χ0) is 14.1. The van der Waals surface area contributed by atoms with Crippen LogP contribution in [0, 0.1) is 0 Å². The third-order valence-corrected chi connectivity index (χ3v) is 4.08. The number of benzene rings is 1. The zero-order valence-corrected chi connectivity index (χ0v) is 11.3. The van der Waals surface area contributed by atoms with Gasteiger partial charge < -0.3 is 10.4 Å². The molecule has 3 rings (SSSR count). The summed E-state index contributed by atoms with van der Waals surface area (Å²) in [7, 11) is 0. The number of carboxylic acids is 1. The predicted octanol–water partition coefficient (Wildman–Crippen LogP) is 2.97. The van der Waals surface area contributed by atoms with E-state index in [1.54, 1.807) is 17.5 Å². The monoisotopic (exact) mass is 288 g/mol. The molecule has 1 saturated carbocycles. The smallest absolute Gasteiger partial charge is 0.335 e. The number of carbonyl (C=O) groups excluding carboxylic acids is 1. The lowest BCUT2D eigenvalue weighted by atomic mass is 10.2. The minimum atomic E-state index is -0.989. The van der Waals surface area contributed by atoms with E-state index in [1.807, 2.05) is 0 Å². The van der Waals surface area contributed by atoms with Gasteiger partial charge in [0.05, 0.1) is 10.6 Å². The normalized spacial score (nSPS) is 14.0. The van der Waals surface area contributed by atoms with Crippen LogP contribution >= 0.6 is 11.3 Å². The number of aromatic nitrogens is 1. The van der Waals surface area contributed by atoms with E-state index in [-0.39, 0.29) is 11.5 Å². The largest absolute Gasteiger partial charge is 0.478 e. The van der Waals surface area contributed by atoms with Crippen LogP contribution in [0.15, 0.2) is 29.6 Å². The Kier molecular flexibility index (Phi) is 3.23. The molecule has 1 aromatic heterocycles. The molecule has 20 heavy (non-hydrogen) atoms. The van der Waals surface area contributed by atoms with Crippen molar-refractivity contribution < 1.29 is 14.7 Å². The number of nitrogens with zero attached hydrogens (tertiary/aromatic N) is 1. The maximum absolute atomic E-state index is 12.0. The highest BCUT2D eigenvalue weighted by Gasteiger charge is 2.27. The second-order valence-corrected chi connectivity index (χ2v) is 5.57. The molecule has 0 radical (unpaired) electrons. The van der Waals surface area contributed by atoms with Gasteiger partial charge in [-0.2, -0.15) is 0 Å². The number of rotatable bonds is 4. The van der Waals surface area contributed by atoms with Gasteiger partial charge in [-0.1, -0.05) is 0 Å². The third kappa shape index (κ3) is 2.70. The maximum Gasteiger partial charge on any atom is 0.335 e. The van der Waals surface area contributed by atoms with E-state index in [4.69, 9.17) is 5.11 Å². The molecule has 1 aliphatic rings. The van der Waals surface area contributed by atoms with Crippen molar-refractivity contribution in [3.63, 3.8) is 0 Å². The molecule has 0 aliphatic heterocycles. The molecule has 5 nitrogen and oxygen atoms in total.